The molecule has 2 aromatic rings. The van der Waals surface area contributed by atoms with Gasteiger partial charge in [-0.05, 0) is 25.3 Å². The molecule has 0 amide bonds. The molecule has 0 bridgehead atoms. The van der Waals surface area contributed by atoms with Crippen molar-refractivity contribution in [1.29, 1.82) is 0 Å². The van der Waals surface area contributed by atoms with Gasteiger partial charge in [0, 0.05) is 29.6 Å². The van der Waals surface area contributed by atoms with Crippen LogP contribution in [0.2, 0.25) is 0 Å². The van der Waals surface area contributed by atoms with Crippen LogP contribution >= 0.6 is 0 Å². The number of rotatable bonds is 1. The Labute approximate surface area is 108 Å². The Morgan fingerprint density at radius 1 is 1.11 bits per heavy atom. The van der Waals surface area contributed by atoms with E-state index in [1.165, 1.54) is 4.57 Å². The first-order valence-electron chi connectivity index (χ1n) is 6.11. The molecule has 19 heavy (non-hydrogen) atoms. The van der Waals surface area contributed by atoms with Crippen LogP contribution in [0.3, 0.4) is 0 Å². The largest absolute Gasteiger partial charge is 0.388 e. The summed E-state index contributed by atoms with van der Waals surface area (Å²) in [6.07, 6.45) is 3.13. The normalized spacial score (nSPS) is 18.4. The maximum atomic E-state index is 13.8. The second kappa shape index (κ2) is 4.42. The molecule has 1 aromatic carbocycles. The van der Waals surface area contributed by atoms with E-state index >= 15 is 0 Å². The molecule has 2 nitrogen and oxygen atoms in total. The van der Waals surface area contributed by atoms with Gasteiger partial charge in [-0.25, -0.2) is 13.2 Å². The summed E-state index contributed by atoms with van der Waals surface area (Å²) in [5.74, 6) is -3.12. The fraction of sp³-hybridized carbons (Fsp3) is 0.286. The van der Waals surface area contributed by atoms with Gasteiger partial charge in [0.25, 0.3) is 0 Å². The molecule has 0 aliphatic heterocycles. The predicted molar refractivity (Wildman–Crippen MR) is 63.5 cm³/mol. The van der Waals surface area contributed by atoms with Crippen molar-refractivity contribution in [3.8, 4) is 5.69 Å². The molecular weight excluding hydrogens is 255 g/mol. The molecule has 1 aliphatic carbocycles. The summed E-state index contributed by atoms with van der Waals surface area (Å²) in [6, 6.07) is 3.07. The molecule has 100 valence electrons. The first-order chi connectivity index (χ1) is 9.08. The summed E-state index contributed by atoms with van der Waals surface area (Å²) in [6.45, 7) is 0. The highest BCUT2D eigenvalue weighted by Crippen LogP contribution is 2.32. The van der Waals surface area contributed by atoms with E-state index in [-0.39, 0.29) is 5.69 Å². The Morgan fingerprint density at radius 2 is 1.84 bits per heavy atom. The summed E-state index contributed by atoms with van der Waals surface area (Å²) >= 11 is 0. The van der Waals surface area contributed by atoms with Gasteiger partial charge in [0.05, 0.1) is 11.8 Å². The second-order valence-electron chi connectivity index (χ2n) is 4.71. The molecule has 1 N–H and O–H groups in total. The molecular formula is C14H12F3NO. The number of aliphatic hydroxyl groups excluding tert-OH is 1. The van der Waals surface area contributed by atoms with Gasteiger partial charge in [0.15, 0.2) is 11.6 Å². The van der Waals surface area contributed by atoms with Crippen molar-refractivity contribution in [2.45, 2.75) is 25.4 Å². The van der Waals surface area contributed by atoms with Gasteiger partial charge in [-0.1, -0.05) is 0 Å². The van der Waals surface area contributed by atoms with Crippen molar-refractivity contribution in [1.82, 2.24) is 4.57 Å². The van der Waals surface area contributed by atoms with E-state index in [1.807, 2.05) is 0 Å². The van der Waals surface area contributed by atoms with Crippen LogP contribution in [0.4, 0.5) is 13.2 Å². The van der Waals surface area contributed by atoms with Crippen molar-refractivity contribution in [2.24, 2.45) is 0 Å². The summed E-state index contributed by atoms with van der Waals surface area (Å²) in [5.41, 5.74) is 1.45. The SMILES string of the molecule is OC1CCCc2c1ccn2-c1cc(F)c(F)cc1F. The van der Waals surface area contributed by atoms with E-state index in [0.29, 0.717) is 18.9 Å². The average molecular weight is 267 g/mol. The van der Waals surface area contributed by atoms with Crippen molar-refractivity contribution in [3.63, 3.8) is 0 Å². The van der Waals surface area contributed by atoms with Crippen molar-refractivity contribution in [3.05, 3.63) is 53.1 Å². The minimum Gasteiger partial charge on any atom is -0.388 e. The molecule has 1 atom stereocenters. The molecule has 0 saturated heterocycles. The Kier molecular flexibility index (Phi) is 2.86. The van der Waals surface area contributed by atoms with Crippen molar-refractivity contribution >= 4 is 0 Å². The Bertz CT molecular complexity index is 636. The minimum atomic E-state index is -1.21. The Morgan fingerprint density at radius 3 is 2.63 bits per heavy atom. The van der Waals surface area contributed by atoms with Gasteiger partial charge >= 0.3 is 0 Å². The van der Waals surface area contributed by atoms with Gasteiger partial charge in [-0.3, -0.25) is 0 Å². The number of halogens is 3. The monoisotopic (exact) mass is 267 g/mol. The van der Waals surface area contributed by atoms with Crippen LogP contribution in [0.25, 0.3) is 5.69 Å². The van der Waals surface area contributed by atoms with Gasteiger partial charge in [-0.15, -0.1) is 0 Å². The smallest absolute Gasteiger partial charge is 0.161 e. The second-order valence-corrected chi connectivity index (χ2v) is 4.71. The number of fused-ring (bicyclic) bond motifs is 1. The molecule has 0 saturated carbocycles. The third-order valence-electron chi connectivity index (χ3n) is 3.53. The van der Waals surface area contributed by atoms with Crippen LogP contribution in [0, 0.1) is 17.5 Å². The Balaban J connectivity index is 2.16. The molecule has 1 aromatic heterocycles. The first kappa shape index (κ1) is 12.3. The van der Waals surface area contributed by atoms with Crippen LogP contribution < -0.4 is 0 Å². The number of hydrogen-bond acceptors (Lipinski definition) is 1. The number of aromatic nitrogens is 1. The molecule has 1 unspecified atom stereocenters. The quantitative estimate of drug-likeness (QED) is 0.788. The van der Waals surface area contributed by atoms with Crippen LogP contribution in [0.1, 0.15) is 30.2 Å². The van der Waals surface area contributed by atoms with E-state index in [1.54, 1.807) is 12.3 Å². The number of benzene rings is 1. The summed E-state index contributed by atoms with van der Waals surface area (Å²) < 4.78 is 41.4. The number of hydrogen-bond donors (Lipinski definition) is 1. The summed E-state index contributed by atoms with van der Waals surface area (Å²) in [5, 5.41) is 9.85. The van der Waals surface area contributed by atoms with E-state index in [0.717, 1.165) is 23.7 Å². The third-order valence-corrected chi connectivity index (χ3v) is 3.53. The van der Waals surface area contributed by atoms with Gasteiger partial charge in [0.2, 0.25) is 0 Å². The van der Waals surface area contributed by atoms with Gasteiger partial charge in [0.1, 0.15) is 5.82 Å². The van der Waals surface area contributed by atoms with E-state index in [2.05, 4.69) is 0 Å². The molecule has 0 radical (unpaired) electrons. The molecule has 1 aliphatic rings. The lowest BCUT2D eigenvalue weighted by Crippen LogP contribution is -2.12. The van der Waals surface area contributed by atoms with Crippen molar-refractivity contribution in [2.75, 3.05) is 0 Å². The summed E-state index contributed by atoms with van der Waals surface area (Å²) in [4.78, 5) is 0. The third kappa shape index (κ3) is 1.94. The van der Waals surface area contributed by atoms with Gasteiger partial charge in [-0.2, -0.15) is 0 Å². The summed E-state index contributed by atoms with van der Waals surface area (Å²) in [7, 11) is 0. The molecule has 1 heterocycles. The van der Waals surface area contributed by atoms with E-state index in [4.69, 9.17) is 0 Å². The molecule has 0 spiro atoms. The number of nitrogens with zero attached hydrogens (tertiary/aromatic N) is 1. The lowest BCUT2D eigenvalue weighted by Gasteiger charge is -2.20. The highest BCUT2D eigenvalue weighted by molar-refractivity contribution is 5.41. The lowest BCUT2D eigenvalue weighted by molar-refractivity contribution is 0.156. The zero-order valence-electron chi connectivity index (χ0n) is 10.0. The predicted octanol–water partition coefficient (Wildman–Crippen LogP) is 3.26. The molecule has 5 heteroatoms. The van der Waals surface area contributed by atoms with Gasteiger partial charge < -0.3 is 9.67 Å². The standard InChI is InChI=1S/C14H12F3NO/c15-9-6-11(17)13(7-10(9)16)18-5-4-8-12(18)2-1-3-14(8)19/h4-7,14,19H,1-3H2. The Hall–Kier alpha value is -1.75. The maximum Gasteiger partial charge on any atom is 0.161 e. The van der Waals surface area contributed by atoms with Crippen LogP contribution in [0.15, 0.2) is 24.4 Å². The maximum absolute atomic E-state index is 13.8. The van der Waals surface area contributed by atoms with Crippen LogP contribution in [-0.4, -0.2) is 9.67 Å². The highest BCUT2D eigenvalue weighted by atomic mass is 19.2. The highest BCUT2D eigenvalue weighted by Gasteiger charge is 2.23. The van der Waals surface area contributed by atoms with Crippen molar-refractivity contribution < 1.29 is 18.3 Å². The topological polar surface area (TPSA) is 25.2 Å². The van der Waals surface area contributed by atoms with Crippen LogP contribution in [-0.2, 0) is 6.42 Å². The zero-order chi connectivity index (χ0) is 13.6. The fourth-order valence-corrected chi connectivity index (χ4v) is 2.59. The molecule has 0 fully saturated rings. The average Bonchev–Trinajstić information content (AvgIpc) is 2.79. The van der Waals surface area contributed by atoms with E-state index in [9.17, 15) is 18.3 Å². The lowest BCUT2D eigenvalue weighted by atomic mass is 9.95. The zero-order valence-corrected chi connectivity index (χ0v) is 10.0. The molecule has 3 rings (SSSR count). The van der Waals surface area contributed by atoms with E-state index < -0.39 is 23.6 Å². The first-order valence-corrected chi connectivity index (χ1v) is 6.11. The number of aliphatic hydroxyl groups is 1. The fourth-order valence-electron chi connectivity index (χ4n) is 2.59. The van der Waals surface area contributed by atoms with Crippen LogP contribution in [0.5, 0.6) is 0 Å². The minimum absolute atomic E-state index is 0.0331.